The molecule has 1 aromatic carbocycles. The van der Waals surface area contributed by atoms with Gasteiger partial charge in [0.1, 0.15) is 0 Å². The molecule has 1 aliphatic heterocycles. The molecule has 0 radical (unpaired) electrons. The molecule has 1 aromatic rings. The normalized spacial score (nSPS) is 23.8. The number of nitrogens with one attached hydrogen (secondary N) is 1. The summed E-state index contributed by atoms with van der Waals surface area (Å²) in [6.45, 7) is 11.1. The zero-order chi connectivity index (χ0) is 13.3. The first-order valence-corrected chi connectivity index (χ1v) is 7.45. The molecule has 2 rings (SSSR count). The highest BCUT2D eigenvalue weighted by atomic mass is 79.9. The van der Waals surface area contributed by atoms with Gasteiger partial charge in [0.25, 0.3) is 0 Å². The van der Waals surface area contributed by atoms with Crippen LogP contribution in [-0.4, -0.2) is 24.7 Å². The first kappa shape index (κ1) is 13.9. The summed E-state index contributed by atoms with van der Waals surface area (Å²) in [6, 6.07) is 7.19. The quantitative estimate of drug-likeness (QED) is 0.850. The second-order valence-electron chi connectivity index (χ2n) is 6.09. The number of nitrogens with zero attached hydrogens (tertiary/aromatic N) is 1. The van der Waals surface area contributed by atoms with Crippen molar-refractivity contribution in [3.05, 3.63) is 28.2 Å². The third kappa shape index (κ3) is 3.27. The van der Waals surface area contributed by atoms with Crippen molar-refractivity contribution in [1.29, 1.82) is 0 Å². The van der Waals surface area contributed by atoms with Gasteiger partial charge in [0, 0.05) is 29.1 Å². The van der Waals surface area contributed by atoms with Crippen LogP contribution in [0.3, 0.4) is 0 Å². The fraction of sp³-hybridized carbons (Fsp3) is 0.600. The van der Waals surface area contributed by atoms with Crippen LogP contribution >= 0.6 is 15.9 Å². The Labute approximate surface area is 119 Å². The summed E-state index contributed by atoms with van der Waals surface area (Å²) >= 11 is 3.70. The number of rotatable bonds is 1. The van der Waals surface area contributed by atoms with Crippen molar-refractivity contribution < 1.29 is 0 Å². The summed E-state index contributed by atoms with van der Waals surface area (Å²) in [7, 11) is 0. The molecule has 1 atom stereocenters. The highest BCUT2D eigenvalue weighted by Crippen LogP contribution is 2.29. The van der Waals surface area contributed by atoms with Crippen LogP contribution < -0.4 is 10.2 Å². The molecule has 1 aliphatic rings. The Morgan fingerprint density at radius 1 is 1.39 bits per heavy atom. The van der Waals surface area contributed by atoms with Gasteiger partial charge in [0.15, 0.2) is 0 Å². The van der Waals surface area contributed by atoms with E-state index in [-0.39, 0.29) is 5.54 Å². The Kier molecular flexibility index (Phi) is 4.02. The van der Waals surface area contributed by atoms with Crippen molar-refractivity contribution in [3.8, 4) is 0 Å². The first-order valence-electron chi connectivity index (χ1n) is 6.66. The molecule has 1 N–H and O–H groups in total. The van der Waals surface area contributed by atoms with Crippen molar-refractivity contribution in [3.63, 3.8) is 0 Å². The number of anilines is 1. The minimum atomic E-state index is 0.153. The van der Waals surface area contributed by atoms with E-state index in [1.165, 1.54) is 22.1 Å². The van der Waals surface area contributed by atoms with E-state index in [1.807, 2.05) is 0 Å². The molecule has 3 heteroatoms. The lowest BCUT2D eigenvalue weighted by atomic mass is 10.0. The maximum atomic E-state index is 3.70. The monoisotopic (exact) mass is 310 g/mol. The van der Waals surface area contributed by atoms with Crippen LogP contribution in [0.5, 0.6) is 0 Å². The maximum Gasteiger partial charge on any atom is 0.0511 e. The molecule has 0 amide bonds. The van der Waals surface area contributed by atoms with Gasteiger partial charge in [-0.15, -0.1) is 0 Å². The molecule has 1 fully saturated rings. The van der Waals surface area contributed by atoms with Crippen LogP contribution in [0.25, 0.3) is 0 Å². The van der Waals surface area contributed by atoms with Gasteiger partial charge in [0.2, 0.25) is 0 Å². The first-order chi connectivity index (χ1) is 8.37. The fourth-order valence-corrected chi connectivity index (χ4v) is 3.51. The minimum Gasteiger partial charge on any atom is -0.369 e. The molecule has 0 bridgehead atoms. The van der Waals surface area contributed by atoms with E-state index in [4.69, 9.17) is 0 Å². The van der Waals surface area contributed by atoms with Crippen LogP contribution in [0, 0.1) is 6.92 Å². The number of hydrogen-bond donors (Lipinski definition) is 1. The van der Waals surface area contributed by atoms with Crippen LogP contribution in [0.15, 0.2) is 22.7 Å². The molecule has 0 aromatic heterocycles. The van der Waals surface area contributed by atoms with E-state index >= 15 is 0 Å². The van der Waals surface area contributed by atoms with Gasteiger partial charge >= 0.3 is 0 Å². The van der Waals surface area contributed by atoms with Gasteiger partial charge in [0.05, 0.1) is 5.69 Å². The molecule has 18 heavy (non-hydrogen) atoms. The van der Waals surface area contributed by atoms with E-state index in [1.54, 1.807) is 0 Å². The molecule has 0 saturated carbocycles. The van der Waals surface area contributed by atoms with Crippen LogP contribution in [-0.2, 0) is 0 Å². The van der Waals surface area contributed by atoms with Crippen LogP contribution in [0.1, 0.15) is 32.8 Å². The lowest BCUT2D eigenvalue weighted by molar-refractivity contribution is 0.368. The minimum absolute atomic E-state index is 0.153. The summed E-state index contributed by atoms with van der Waals surface area (Å²) in [4.78, 5) is 2.49. The largest absolute Gasteiger partial charge is 0.369 e. The average Bonchev–Trinajstić information content (AvgIpc) is 2.36. The smallest absolute Gasteiger partial charge is 0.0511 e. The molecule has 100 valence electrons. The van der Waals surface area contributed by atoms with E-state index in [9.17, 15) is 0 Å². The maximum absolute atomic E-state index is 3.70. The molecule has 1 saturated heterocycles. The molecule has 2 nitrogen and oxygen atoms in total. The van der Waals surface area contributed by atoms with Gasteiger partial charge in [-0.05, 0) is 67.7 Å². The van der Waals surface area contributed by atoms with Crippen LogP contribution in [0.2, 0.25) is 0 Å². The lowest BCUT2D eigenvalue weighted by Crippen LogP contribution is -2.48. The number of hydrogen-bond acceptors (Lipinski definition) is 2. The molecule has 1 unspecified atom stereocenters. The van der Waals surface area contributed by atoms with Crippen molar-refractivity contribution >= 4 is 21.6 Å². The molecule has 0 spiro atoms. The summed E-state index contributed by atoms with van der Waals surface area (Å²) < 4.78 is 1.20. The van der Waals surface area contributed by atoms with Gasteiger partial charge in [-0.25, -0.2) is 0 Å². The Morgan fingerprint density at radius 2 is 2.11 bits per heavy atom. The fourth-order valence-electron chi connectivity index (χ4n) is 2.76. The Morgan fingerprint density at radius 3 is 2.78 bits per heavy atom. The van der Waals surface area contributed by atoms with Crippen molar-refractivity contribution in [2.45, 2.75) is 45.7 Å². The third-order valence-electron chi connectivity index (χ3n) is 3.50. The average molecular weight is 311 g/mol. The Bertz CT molecular complexity index is 429. The number of benzene rings is 1. The second-order valence-corrected chi connectivity index (χ2v) is 6.95. The summed E-state index contributed by atoms with van der Waals surface area (Å²) in [5.74, 6) is 0. The van der Waals surface area contributed by atoms with Gasteiger partial charge in [-0.3, -0.25) is 0 Å². The standard InChI is InChI=1S/C15H23BrN2/c1-11-5-6-14(13(16)9-11)18-8-7-12(2)17-15(3,4)10-18/h5-6,9,12,17H,7-8,10H2,1-4H3. The number of halogens is 1. The predicted octanol–water partition coefficient (Wildman–Crippen LogP) is 3.72. The summed E-state index contributed by atoms with van der Waals surface area (Å²) in [5, 5.41) is 3.69. The molecule has 1 heterocycles. The SMILES string of the molecule is Cc1ccc(N2CCC(C)NC(C)(C)C2)c(Br)c1. The topological polar surface area (TPSA) is 15.3 Å². The zero-order valence-corrected chi connectivity index (χ0v) is 13.3. The van der Waals surface area contributed by atoms with E-state index in [2.05, 4.69) is 72.0 Å². The van der Waals surface area contributed by atoms with Gasteiger partial charge in [-0.1, -0.05) is 6.07 Å². The molecule has 0 aliphatic carbocycles. The van der Waals surface area contributed by atoms with Crippen molar-refractivity contribution in [1.82, 2.24) is 5.32 Å². The van der Waals surface area contributed by atoms with E-state index in [0.717, 1.165) is 13.1 Å². The molecular formula is C15H23BrN2. The predicted molar refractivity (Wildman–Crippen MR) is 82.4 cm³/mol. The van der Waals surface area contributed by atoms with Crippen LogP contribution in [0.4, 0.5) is 5.69 Å². The highest BCUT2D eigenvalue weighted by molar-refractivity contribution is 9.10. The van der Waals surface area contributed by atoms with Gasteiger partial charge < -0.3 is 10.2 Å². The van der Waals surface area contributed by atoms with Crippen molar-refractivity contribution in [2.24, 2.45) is 0 Å². The zero-order valence-electron chi connectivity index (χ0n) is 11.8. The second kappa shape index (κ2) is 5.22. The van der Waals surface area contributed by atoms with Crippen molar-refractivity contribution in [2.75, 3.05) is 18.0 Å². The van der Waals surface area contributed by atoms with Gasteiger partial charge in [-0.2, -0.15) is 0 Å². The third-order valence-corrected chi connectivity index (χ3v) is 4.13. The van der Waals surface area contributed by atoms with E-state index in [0.29, 0.717) is 6.04 Å². The molecular weight excluding hydrogens is 288 g/mol. The van der Waals surface area contributed by atoms with E-state index < -0.39 is 0 Å². The summed E-state index contributed by atoms with van der Waals surface area (Å²) in [6.07, 6.45) is 1.18. The number of aryl methyl sites for hydroxylation is 1. The summed E-state index contributed by atoms with van der Waals surface area (Å²) in [5.41, 5.74) is 2.76. The highest BCUT2D eigenvalue weighted by Gasteiger charge is 2.28. The Balaban J connectivity index is 2.26. The lowest BCUT2D eigenvalue weighted by Gasteiger charge is -2.32. The Hall–Kier alpha value is -0.540.